The van der Waals surface area contributed by atoms with Crippen LogP contribution in [0.2, 0.25) is 0 Å². The van der Waals surface area contributed by atoms with E-state index in [4.69, 9.17) is 14.7 Å². The fourth-order valence-electron chi connectivity index (χ4n) is 3.55. The van der Waals surface area contributed by atoms with Crippen molar-refractivity contribution in [3.63, 3.8) is 0 Å². The second-order valence-electron chi connectivity index (χ2n) is 8.18. The maximum atomic E-state index is 12.5. The van der Waals surface area contributed by atoms with Crippen molar-refractivity contribution in [2.45, 2.75) is 25.6 Å². The van der Waals surface area contributed by atoms with Crippen LogP contribution in [0.3, 0.4) is 0 Å². The average Bonchev–Trinajstić information content (AvgIpc) is 2.90. The first-order valence-electron chi connectivity index (χ1n) is 11.4. The highest BCUT2D eigenvalue weighted by molar-refractivity contribution is 5.97. The summed E-state index contributed by atoms with van der Waals surface area (Å²) in [5, 5.41) is 11.4. The number of hydroxylamine groups is 1. The van der Waals surface area contributed by atoms with Gasteiger partial charge in [-0.2, -0.15) is 0 Å². The largest absolute Gasteiger partial charge is 0.379 e. The van der Waals surface area contributed by atoms with Crippen LogP contribution in [-0.4, -0.2) is 67.5 Å². The Labute approximate surface area is 205 Å². The average molecular weight is 478 g/mol. The van der Waals surface area contributed by atoms with E-state index in [-0.39, 0.29) is 0 Å². The van der Waals surface area contributed by atoms with Gasteiger partial charge in [-0.25, -0.2) is 5.48 Å². The van der Waals surface area contributed by atoms with E-state index in [9.17, 15) is 9.59 Å². The van der Waals surface area contributed by atoms with Gasteiger partial charge in [0.25, 0.3) is 11.8 Å². The number of ether oxygens (including phenoxy) is 2. The van der Waals surface area contributed by atoms with Crippen LogP contribution >= 0.6 is 0 Å². The number of carbonyl (C=O) groups excluding carboxylic acids is 2. The van der Waals surface area contributed by atoms with Gasteiger partial charge in [-0.05, 0) is 54.5 Å². The lowest BCUT2D eigenvalue weighted by Gasteiger charge is -2.26. The summed E-state index contributed by atoms with van der Waals surface area (Å²) >= 11 is 0. The van der Waals surface area contributed by atoms with E-state index in [1.54, 1.807) is 42.7 Å². The topological polar surface area (TPSA) is 100 Å². The van der Waals surface area contributed by atoms with E-state index < -0.39 is 24.0 Å². The van der Waals surface area contributed by atoms with Crippen molar-refractivity contribution >= 4 is 17.9 Å². The monoisotopic (exact) mass is 477 g/mol. The first-order chi connectivity index (χ1) is 17.0. The number of methoxy groups -OCH3 is 1. The summed E-state index contributed by atoms with van der Waals surface area (Å²) in [7, 11) is 1.41. The molecule has 1 heterocycles. The van der Waals surface area contributed by atoms with Crippen LogP contribution in [-0.2, 0) is 20.8 Å². The molecule has 0 spiro atoms. The van der Waals surface area contributed by atoms with E-state index in [0.29, 0.717) is 5.56 Å². The molecule has 3 rings (SSSR count). The van der Waals surface area contributed by atoms with E-state index in [0.717, 1.165) is 44.0 Å². The Morgan fingerprint density at radius 2 is 1.83 bits per heavy atom. The summed E-state index contributed by atoms with van der Waals surface area (Å²) in [4.78, 5) is 26.7. The molecule has 1 aliphatic rings. The predicted octanol–water partition coefficient (Wildman–Crippen LogP) is 2.22. The molecule has 8 heteroatoms. The summed E-state index contributed by atoms with van der Waals surface area (Å²) in [6, 6.07) is 14.1. The van der Waals surface area contributed by atoms with Gasteiger partial charge in [0.2, 0.25) is 0 Å². The minimum atomic E-state index is -1.03. The Morgan fingerprint density at radius 1 is 1.14 bits per heavy atom. The number of morpholine rings is 1. The molecule has 8 nitrogen and oxygen atoms in total. The molecular weight excluding hydrogens is 446 g/mol. The van der Waals surface area contributed by atoms with E-state index in [2.05, 4.69) is 46.3 Å². The first kappa shape index (κ1) is 26.1. The van der Waals surface area contributed by atoms with E-state index >= 15 is 0 Å². The van der Waals surface area contributed by atoms with Crippen LogP contribution in [0.15, 0.2) is 54.6 Å². The number of rotatable bonds is 8. The third-order valence-electron chi connectivity index (χ3n) is 5.73. The molecular formula is C27H31N3O5. The number of amides is 2. The molecule has 3 N–H and O–H groups in total. The van der Waals surface area contributed by atoms with Crippen LogP contribution in [0.5, 0.6) is 0 Å². The minimum Gasteiger partial charge on any atom is -0.379 e. The number of hydrogen-bond donors (Lipinski definition) is 3. The Morgan fingerprint density at radius 3 is 2.46 bits per heavy atom. The zero-order chi connectivity index (χ0) is 25.0. The molecule has 1 fully saturated rings. The fourth-order valence-corrected chi connectivity index (χ4v) is 3.55. The molecule has 35 heavy (non-hydrogen) atoms. The summed E-state index contributed by atoms with van der Waals surface area (Å²) < 4.78 is 10.5. The van der Waals surface area contributed by atoms with Crippen LogP contribution in [0.25, 0.3) is 6.08 Å². The fraction of sp³-hybridized carbons (Fsp3) is 0.333. The van der Waals surface area contributed by atoms with Gasteiger partial charge in [-0.15, -0.1) is 0 Å². The van der Waals surface area contributed by atoms with Crippen LogP contribution in [0.1, 0.15) is 34.0 Å². The van der Waals surface area contributed by atoms with Crippen LogP contribution < -0.4 is 10.8 Å². The molecule has 2 aromatic carbocycles. The molecule has 2 atom stereocenters. The number of nitrogens with zero attached hydrogens (tertiary/aromatic N) is 1. The Balaban J connectivity index is 1.53. The second kappa shape index (κ2) is 13.4. The predicted molar refractivity (Wildman–Crippen MR) is 133 cm³/mol. The Kier molecular flexibility index (Phi) is 10.0. The normalized spacial score (nSPS) is 15.6. The molecule has 2 amide bonds. The van der Waals surface area contributed by atoms with Gasteiger partial charge in [-0.3, -0.25) is 19.7 Å². The molecule has 0 saturated carbocycles. The smallest absolute Gasteiger partial charge is 0.268 e. The molecule has 0 aromatic heterocycles. The second-order valence-corrected chi connectivity index (χ2v) is 8.18. The summed E-state index contributed by atoms with van der Waals surface area (Å²) in [6.45, 7) is 6.09. The zero-order valence-electron chi connectivity index (χ0n) is 20.0. The van der Waals surface area contributed by atoms with Crippen LogP contribution in [0.4, 0.5) is 0 Å². The standard InChI is InChI=1S/C27H31N3O5/c1-20(34-2)25(27(32)29-33)28-26(31)24-13-11-22(12-14-24)6-4-3-5-21-7-9-23(10-8-21)19-30-15-17-35-18-16-30/h3,5,7-14,20,25,33H,15-19H2,1-2H3,(H,28,31)(H,29,32)/b5-3+/t20-,25+/m1/s1. The van der Waals surface area contributed by atoms with Gasteiger partial charge in [-0.1, -0.05) is 36.1 Å². The summed E-state index contributed by atoms with van der Waals surface area (Å²) in [6.07, 6.45) is 3.13. The number of allylic oxidation sites excluding steroid dienone is 1. The van der Waals surface area contributed by atoms with Crippen LogP contribution in [0, 0.1) is 11.8 Å². The molecule has 2 aromatic rings. The lowest BCUT2D eigenvalue weighted by molar-refractivity contribution is -0.134. The first-order valence-corrected chi connectivity index (χ1v) is 11.4. The Bertz CT molecular complexity index is 1060. The quantitative estimate of drug-likeness (QED) is 0.306. The lowest BCUT2D eigenvalue weighted by Crippen LogP contribution is -2.52. The van der Waals surface area contributed by atoms with Gasteiger partial charge in [0, 0.05) is 37.9 Å². The van der Waals surface area contributed by atoms with Crippen molar-refractivity contribution in [1.82, 2.24) is 15.7 Å². The molecule has 0 aliphatic carbocycles. The highest BCUT2D eigenvalue weighted by Gasteiger charge is 2.27. The van der Waals surface area contributed by atoms with Gasteiger partial charge in [0.05, 0.1) is 19.3 Å². The zero-order valence-corrected chi connectivity index (χ0v) is 20.0. The lowest BCUT2D eigenvalue weighted by atomic mass is 10.1. The number of hydrogen-bond acceptors (Lipinski definition) is 6. The molecule has 0 unspecified atom stereocenters. The van der Waals surface area contributed by atoms with Gasteiger partial charge in [0.1, 0.15) is 6.04 Å². The maximum Gasteiger partial charge on any atom is 0.268 e. The number of carbonyl (C=O) groups is 2. The van der Waals surface area contributed by atoms with Crippen molar-refractivity contribution in [2.24, 2.45) is 0 Å². The third-order valence-corrected chi connectivity index (χ3v) is 5.73. The molecule has 1 saturated heterocycles. The molecule has 0 radical (unpaired) electrons. The van der Waals surface area contributed by atoms with E-state index in [1.165, 1.54) is 12.7 Å². The summed E-state index contributed by atoms with van der Waals surface area (Å²) in [5.41, 5.74) is 5.01. The van der Waals surface area contributed by atoms with Gasteiger partial charge >= 0.3 is 0 Å². The van der Waals surface area contributed by atoms with Crippen molar-refractivity contribution < 1.29 is 24.3 Å². The van der Waals surface area contributed by atoms with Crippen molar-refractivity contribution in [1.29, 1.82) is 0 Å². The highest BCUT2D eigenvalue weighted by atomic mass is 16.5. The molecule has 0 bridgehead atoms. The van der Waals surface area contributed by atoms with Crippen molar-refractivity contribution in [2.75, 3.05) is 33.4 Å². The minimum absolute atomic E-state index is 0.363. The molecule has 1 aliphatic heterocycles. The van der Waals surface area contributed by atoms with Gasteiger partial charge < -0.3 is 14.8 Å². The van der Waals surface area contributed by atoms with Gasteiger partial charge in [0.15, 0.2) is 0 Å². The number of benzene rings is 2. The van der Waals surface area contributed by atoms with E-state index in [1.807, 2.05) is 6.08 Å². The maximum absolute atomic E-state index is 12.5. The van der Waals surface area contributed by atoms with Crippen molar-refractivity contribution in [3.05, 3.63) is 76.9 Å². The SMILES string of the molecule is CO[C@H](C)[C@H](NC(=O)c1ccc(C#C/C=C/c2ccc(CN3CCOCC3)cc2)cc1)C(=O)NO. The number of nitrogens with one attached hydrogen (secondary N) is 2. The highest BCUT2D eigenvalue weighted by Crippen LogP contribution is 2.10. The molecule has 184 valence electrons. The van der Waals surface area contributed by atoms with Crippen molar-refractivity contribution in [3.8, 4) is 11.8 Å². The Hall–Kier alpha value is -3.48. The third kappa shape index (κ3) is 8.05. The summed E-state index contributed by atoms with van der Waals surface area (Å²) in [5.74, 6) is 4.83.